The van der Waals surface area contributed by atoms with Crippen molar-refractivity contribution in [2.45, 2.75) is 90.5 Å². The van der Waals surface area contributed by atoms with E-state index < -0.39 is 47.3 Å². The number of para-hydroxylation sites is 1. The molecule has 0 spiro atoms. The first kappa shape index (κ1) is 32.4. The topological polar surface area (TPSA) is 132 Å². The number of hydrogen-bond donors (Lipinski definition) is 2. The van der Waals surface area contributed by atoms with E-state index in [-0.39, 0.29) is 17.2 Å². The molecule has 0 aliphatic heterocycles. The van der Waals surface area contributed by atoms with Crippen molar-refractivity contribution in [1.82, 2.24) is 14.9 Å². The average molecular weight is 610 g/mol. The molecule has 2 N–H and O–H groups in total. The second kappa shape index (κ2) is 13.0. The van der Waals surface area contributed by atoms with E-state index in [0.717, 1.165) is 34.7 Å². The van der Waals surface area contributed by atoms with Crippen molar-refractivity contribution >= 4 is 46.4 Å². The first-order chi connectivity index (χ1) is 20.6. The van der Waals surface area contributed by atoms with E-state index in [4.69, 9.17) is 14.2 Å². The monoisotopic (exact) mass is 609 g/mol. The number of hydrogen-bond acceptors (Lipinski definition) is 10. The summed E-state index contributed by atoms with van der Waals surface area (Å²) >= 11 is 0. The van der Waals surface area contributed by atoms with Crippen molar-refractivity contribution in [3.63, 3.8) is 0 Å². The van der Waals surface area contributed by atoms with E-state index in [0.29, 0.717) is 18.5 Å². The molecule has 3 aromatic rings. The molecule has 2 atom stereocenters. The minimum atomic E-state index is -0.871. The Labute approximate surface area is 256 Å². The normalized spacial score (nSPS) is 17.0. The third kappa shape index (κ3) is 8.12. The molecule has 1 aliphatic carbocycles. The number of nitrogens with one attached hydrogen (secondary N) is 2. The predicted molar refractivity (Wildman–Crippen MR) is 165 cm³/mol. The van der Waals surface area contributed by atoms with Crippen molar-refractivity contribution < 1.29 is 33.0 Å². The van der Waals surface area contributed by atoms with Crippen LogP contribution in [0.1, 0.15) is 77.6 Å². The van der Waals surface area contributed by atoms with Crippen LogP contribution < -0.4 is 10.6 Å². The zero-order valence-electron chi connectivity index (χ0n) is 26.2. The molecule has 0 bridgehead atoms. The number of rotatable bonds is 6. The zero-order valence-corrected chi connectivity index (χ0v) is 26.2. The number of anilines is 3. The fraction of sp³-hybridized carbons (Fsp3) is 0.469. The van der Waals surface area contributed by atoms with E-state index in [9.17, 15) is 14.4 Å². The van der Waals surface area contributed by atoms with Gasteiger partial charge in [0.1, 0.15) is 22.6 Å². The summed E-state index contributed by atoms with van der Waals surface area (Å²) in [4.78, 5) is 49.2. The molecule has 11 nitrogen and oxygen atoms in total. The first-order valence-corrected chi connectivity index (χ1v) is 14.6. The summed E-state index contributed by atoms with van der Waals surface area (Å²) in [6.07, 6.45) is 2.30. The number of halogens is 1. The van der Waals surface area contributed by atoms with Gasteiger partial charge in [-0.25, -0.2) is 28.7 Å². The molecule has 1 aromatic carbocycles. The number of methoxy groups -OCH3 is 1. The van der Waals surface area contributed by atoms with E-state index in [1.165, 1.54) is 7.11 Å². The van der Waals surface area contributed by atoms with E-state index >= 15 is 4.39 Å². The van der Waals surface area contributed by atoms with Gasteiger partial charge < -0.3 is 24.8 Å². The summed E-state index contributed by atoms with van der Waals surface area (Å²) in [6.45, 7) is 10.2. The minimum absolute atomic E-state index is 0.0429. The summed E-state index contributed by atoms with van der Waals surface area (Å²) in [7, 11) is 1.20. The van der Waals surface area contributed by atoms with Crippen LogP contribution in [0.5, 0.6) is 0 Å². The minimum Gasteiger partial charge on any atom is -0.465 e. The number of fused-ring (bicyclic) bond motifs is 1. The Balaban J connectivity index is 1.69. The Kier molecular flexibility index (Phi) is 9.60. The van der Waals surface area contributed by atoms with Gasteiger partial charge in [-0.1, -0.05) is 31.0 Å². The van der Waals surface area contributed by atoms with Crippen LogP contribution in [-0.2, 0) is 14.2 Å². The Morgan fingerprint density at radius 3 is 2.20 bits per heavy atom. The summed E-state index contributed by atoms with van der Waals surface area (Å²) in [6, 6.07) is 9.07. The SMILES string of the molecule is COC(=O)c1cc(F)c(N[C@@H]2CCCC[C@@H]2N(C(=O)OC(C)(C)C)C(=O)OC(C)(C)C)nc1Nc1cnc2ccccc2c1. The van der Waals surface area contributed by atoms with Gasteiger partial charge in [0.2, 0.25) is 0 Å². The molecule has 1 fully saturated rings. The fourth-order valence-corrected chi connectivity index (χ4v) is 4.96. The highest BCUT2D eigenvalue weighted by molar-refractivity contribution is 5.96. The van der Waals surface area contributed by atoms with E-state index in [1.807, 2.05) is 30.3 Å². The summed E-state index contributed by atoms with van der Waals surface area (Å²) in [5.41, 5.74) is -0.554. The maximum absolute atomic E-state index is 15.5. The smallest absolute Gasteiger partial charge is 0.420 e. The van der Waals surface area contributed by atoms with Crippen LogP contribution in [-0.4, -0.2) is 63.4 Å². The highest BCUT2D eigenvalue weighted by atomic mass is 19.1. The number of nitrogens with zero attached hydrogens (tertiary/aromatic N) is 3. The van der Waals surface area contributed by atoms with Gasteiger partial charge >= 0.3 is 18.2 Å². The Morgan fingerprint density at radius 2 is 1.57 bits per heavy atom. The molecule has 0 radical (unpaired) electrons. The van der Waals surface area contributed by atoms with Gasteiger partial charge in [0.25, 0.3) is 0 Å². The molecule has 236 valence electrons. The lowest BCUT2D eigenvalue weighted by Gasteiger charge is -2.40. The van der Waals surface area contributed by atoms with Crippen molar-refractivity contribution in [3.8, 4) is 0 Å². The highest BCUT2D eigenvalue weighted by Crippen LogP contribution is 2.31. The van der Waals surface area contributed by atoms with Gasteiger partial charge in [-0.2, -0.15) is 0 Å². The quantitative estimate of drug-likeness (QED) is 0.218. The second-order valence-electron chi connectivity index (χ2n) is 12.7. The molecular weight excluding hydrogens is 569 g/mol. The number of carbonyl (C=O) groups is 3. The van der Waals surface area contributed by atoms with Crippen LogP contribution in [0.2, 0.25) is 0 Å². The standard InChI is InChI=1S/C32H40FN5O6/c1-31(2,3)43-29(40)38(30(41)44-32(4,5)6)25-15-11-10-14-24(25)36-27-22(33)17-21(28(39)42-7)26(37-27)35-20-16-19-12-8-9-13-23(19)34-18-20/h8-9,12-13,16-18,24-25H,10-11,14-15H2,1-7H3,(H2,35,36,37)/t24-,25+/m1/s1. The summed E-state index contributed by atoms with van der Waals surface area (Å²) < 4.78 is 31.6. The molecule has 1 aliphatic rings. The molecule has 44 heavy (non-hydrogen) atoms. The van der Waals surface area contributed by atoms with Crippen molar-refractivity contribution in [3.05, 3.63) is 54.0 Å². The maximum atomic E-state index is 15.5. The lowest BCUT2D eigenvalue weighted by atomic mass is 9.89. The van der Waals surface area contributed by atoms with Crippen LogP contribution in [0.25, 0.3) is 10.9 Å². The summed E-state index contributed by atoms with van der Waals surface area (Å²) in [5, 5.41) is 7.02. The van der Waals surface area contributed by atoms with Gasteiger partial charge in [-0.3, -0.25) is 4.98 Å². The number of imide groups is 1. The van der Waals surface area contributed by atoms with Gasteiger partial charge in [-0.15, -0.1) is 0 Å². The van der Waals surface area contributed by atoms with E-state index in [1.54, 1.807) is 47.7 Å². The summed E-state index contributed by atoms with van der Waals surface area (Å²) in [5.74, 6) is -1.71. The number of benzene rings is 1. The number of carbonyl (C=O) groups excluding carboxylic acids is 3. The maximum Gasteiger partial charge on any atom is 0.420 e. The van der Waals surface area contributed by atoms with Crippen LogP contribution in [0.3, 0.4) is 0 Å². The fourth-order valence-electron chi connectivity index (χ4n) is 4.96. The number of esters is 1. The molecule has 4 rings (SSSR count). The highest BCUT2D eigenvalue weighted by Gasteiger charge is 2.42. The molecule has 12 heteroatoms. The molecular formula is C32H40FN5O6. The molecule has 1 saturated carbocycles. The number of pyridine rings is 2. The van der Waals surface area contributed by atoms with Gasteiger partial charge in [-0.05, 0) is 72.6 Å². The molecule has 0 unspecified atom stereocenters. The lowest BCUT2D eigenvalue weighted by Crippen LogP contribution is -2.56. The molecule has 2 aromatic heterocycles. The molecule has 0 saturated heterocycles. The van der Waals surface area contributed by atoms with Crippen LogP contribution in [0.4, 0.5) is 31.3 Å². The number of amides is 2. The molecule has 2 heterocycles. The van der Waals surface area contributed by atoms with Gasteiger partial charge in [0.05, 0.1) is 30.6 Å². The third-order valence-electron chi connectivity index (χ3n) is 6.80. The third-order valence-corrected chi connectivity index (χ3v) is 6.80. The van der Waals surface area contributed by atoms with Crippen LogP contribution in [0, 0.1) is 5.82 Å². The van der Waals surface area contributed by atoms with Gasteiger partial charge in [0, 0.05) is 11.4 Å². The van der Waals surface area contributed by atoms with Crippen LogP contribution >= 0.6 is 0 Å². The second-order valence-corrected chi connectivity index (χ2v) is 12.7. The molecule has 2 amide bonds. The number of ether oxygens (including phenoxy) is 3. The van der Waals surface area contributed by atoms with Crippen molar-refractivity contribution in [2.75, 3.05) is 17.7 Å². The predicted octanol–water partition coefficient (Wildman–Crippen LogP) is 7.19. The van der Waals surface area contributed by atoms with Crippen molar-refractivity contribution in [1.29, 1.82) is 0 Å². The first-order valence-electron chi connectivity index (χ1n) is 14.6. The number of aromatic nitrogens is 2. The van der Waals surface area contributed by atoms with Crippen molar-refractivity contribution in [2.24, 2.45) is 0 Å². The lowest BCUT2D eigenvalue weighted by molar-refractivity contribution is -0.0119. The van der Waals surface area contributed by atoms with Gasteiger partial charge in [0.15, 0.2) is 11.6 Å². The average Bonchev–Trinajstić information content (AvgIpc) is 2.93. The largest absolute Gasteiger partial charge is 0.465 e. The van der Waals surface area contributed by atoms with Crippen LogP contribution in [0.15, 0.2) is 42.6 Å². The Morgan fingerprint density at radius 1 is 0.932 bits per heavy atom. The zero-order chi connectivity index (χ0) is 32.2. The Bertz CT molecular complexity index is 1510. The Hall–Kier alpha value is -4.48. The van der Waals surface area contributed by atoms with E-state index in [2.05, 4.69) is 20.6 Å².